The van der Waals surface area contributed by atoms with E-state index in [1.54, 1.807) is 0 Å². The first kappa shape index (κ1) is 22.3. The zero-order valence-corrected chi connectivity index (χ0v) is 20.9. The predicted octanol–water partition coefficient (Wildman–Crippen LogP) is 8.89. The van der Waals surface area contributed by atoms with Crippen LogP contribution in [0, 0.1) is 0 Å². The van der Waals surface area contributed by atoms with E-state index in [4.69, 9.17) is 9.40 Å². The Kier molecular flexibility index (Phi) is 5.60. The van der Waals surface area contributed by atoms with Crippen molar-refractivity contribution in [1.82, 2.24) is 9.55 Å². The van der Waals surface area contributed by atoms with Gasteiger partial charge in [-0.05, 0) is 71.5 Å². The quantitative estimate of drug-likeness (QED) is 0.233. The van der Waals surface area contributed by atoms with Crippen LogP contribution in [0.2, 0.25) is 0 Å². The maximum atomic E-state index is 6.03. The molecule has 0 aliphatic carbocycles. The number of aromatic nitrogens is 2. The van der Waals surface area contributed by atoms with Crippen molar-refractivity contribution in [2.45, 2.75) is 12.8 Å². The summed E-state index contributed by atoms with van der Waals surface area (Å²) in [5.74, 6) is 0.887. The van der Waals surface area contributed by atoms with Crippen LogP contribution in [0.25, 0.3) is 50.2 Å². The van der Waals surface area contributed by atoms with Crippen molar-refractivity contribution in [2.75, 3.05) is 0 Å². The number of fused-ring (bicyclic) bond motifs is 2. The molecule has 0 amide bonds. The van der Waals surface area contributed by atoms with Crippen LogP contribution in [-0.2, 0) is 12.8 Å². The van der Waals surface area contributed by atoms with Crippen molar-refractivity contribution in [1.29, 1.82) is 0 Å². The van der Waals surface area contributed by atoms with Crippen LogP contribution >= 0.6 is 0 Å². The minimum absolute atomic E-state index is 0.876. The normalized spacial score (nSPS) is 11.4. The van der Waals surface area contributed by atoms with Gasteiger partial charge in [0.05, 0.1) is 16.6 Å². The first-order valence-corrected chi connectivity index (χ1v) is 13.0. The van der Waals surface area contributed by atoms with E-state index >= 15 is 0 Å². The molecule has 0 radical (unpaired) electrons. The topological polar surface area (TPSA) is 31.0 Å². The Morgan fingerprint density at radius 2 is 1.29 bits per heavy atom. The number of imidazole rings is 1. The van der Waals surface area contributed by atoms with Gasteiger partial charge in [0, 0.05) is 11.1 Å². The summed E-state index contributed by atoms with van der Waals surface area (Å²) in [6.07, 6.45) is 3.83. The molecular formula is C35H26N2O. The van der Waals surface area contributed by atoms with Gasteiger partial charge in [0.1, 0.15) is 17.7 Å². The van der Waals surface area contributed by atoms with Gasteiger partial charge < -0.3 is 4.42 Å². The number of aryl methyl sites for hydroxylation is 2. The Morgan fingerprint density at radius 1 is 0.605 bits per heavy atom. The molecule has 3 heteroatoms. The summed E-state index contributed by atoms with van der Waals surface area (Å²) < 4.78 is 8.27. The van der Waals surface area contributed by atoms with Crippen molar-refractivity contribution >= 4 is 22.0 Å². The van der Waals surface area contributed by atoms with Crippen LogP contribution in [0.4, 0.5) is 0 Å². The fourth-order valence-electron chi connectivity index (χ4n) is 5.24. The Bertz CT molecular complexity index is 1850. The molecule has 0 atom stereocenters. The van der Waals surface area contributed by atoms with E-state index in [1.807, 2.05) is 18.4 Å². The van der Waals surface area contributed by atoms with E-state index in [0.717, 1.165) is 51.9 Å². The van der Waals surface area contributed by atoms with Crippen molar-refractivity contribution in [3.05, 3.63) is 145 Å². The van der Waals surface area contributed by atoms with E-state index < -0.39 is 0 Å². The average Bonchev–Trinajstić information content (AvgIpc) is 3.58. The summed E-state index contributed by atoms with van der Waals surface area (Å²) in [4.78, 5) is 5.09. The van der Waals surface area contributed by atoms with Crippen molar-refractivity contribution < 1.29 is 4.42 Å². The van der Waals surface area contributed by atoms with Crippen molar-refractivity contribution in [3.63, 3.8) is 0 Å². The lowest BCUT2D eigenvalue weighted by molar-refractivity contribution is 0.616. The highest BCUT2D eigenvalue weighted by Gasteiger charge is 2.19. The third-order valence-corrected chi connectivity index (χ3v) is 7.22. The number of benzene rings is 5. The molecule has 3 nitrogen and oxygen atoms in total. The van der Waals surface area contributed by atoms with Crippen molar-refractivity contribution in [2.24, 2.45) is 0 Å². The molecule has 182 valence electrons. The fraction of sp³-hybridized carbons (Fsp3) is 0.0571. The lowest BCUT2D eigenvalue weighted by atomic mass is 10.0. The SMILES string of the molecule is c1ccc(CCc2ccc3occ(-c4nc5ccccc5n4-c4ccc(-c5ccccc5)cc4)c3c2)cc1. The zero-order chi connectivity index (χ0) is 25.3. The van der Waals surface area contributed by atoms with Gasteiger partial charge in [-0.25, -0.2) is 4.98 Å². The van der Waals surface area contributed by atoms with Crippen LogP contribution < -0.4 is 0 Å². The second-order valence-corrected chi connectivity index (χ2v) is 9.64. The van der Waals surface area contributed by atoms with Gasteiger partial charge in [-0.15, -0.1) is 0 Å². The molecule has 0 N–H and O–H groups in total. The smallest absolute Gasteiger partial charge is 0.149 e. The molecule has 0 saturated carbocycles. The van der Waals surface area contributed by atoms with Gasteiger partial charge >= 0.3 is 0 Å². The molecule has 7 aromatic rings. The van der Waals surface area contributed by atoms with Gasteiger partial charge in [-0.3, -0.25) is 4.57 Å². The fourth-order valence-corrected chi connectivity index (χ4v) is 5.24. The summed E-state index contributed by atoms with van der Waals surface area (Å²) in [7, 11) is 0. The molecule has 38 heavy (non-hydrogen) atoms. The number of rotatable bonds is 6. The van der Waals surface area contributed by atoms with Gasteiger partial charge in [0.15, 0.2) is 0 Å². The molecule has 2 heterocycles. The maximum Gasteiger partial charge on any atom is 0.149 e. The first-order chi connectivity index (χ1) is 18.8. The van der Waals surface area contributed by atoms with Crippen LogP contribution in [0.15, 0.2) is 138 Å². The Morgan fingerprint density at radius 3 is 2.11 bits per heavy atom. The second-order valence-electron chi connectivity index (χ2n) is 9.64. The Labute approximate surface area is 221 Å². The van der Waals surface area contributed by atoms with E-state index in [0.29, 0.717) is 0 Å². The summed E-state index contributed by atoms with van der Waals surface area (Å²) in [5.41, 5.74) is 10.0. The molecule has 7 rings (SSSR count). The number of hydrogen-bond donors (Lipinski definition) is 0. The monoisotopic (exact) mass is 490 g/mol. The number of furan rings is 1. The lowest BCUT2D eigenvalue weighted by Crippen LogP contribution is -1.97. The molecule has 0 saturated heterocycles. The van der Waals surface area contributed by atoms with E-state index in [-0.39, 0.29) is 0 Å². The molecule has 0 aliphatic heterocycles. The average molecular weight is 491 g/mol. The molecule has 0 aliphatic rings. The van der Waals surface area contributed by atoms with E-state index in [9.17, 15) is 0 Å². The highest BCUT2D eigenvalue weighted by atomic mass is 16.3. The summed E-state index contributed by atoms with van der Waals surface area (Å²) in [6, 6.07) is 44.6. The van der Waals surface area contributed by atoms with Gasteiger partial charge in [-0.1, -0.05) is 91.0 Å². The van der Waals surface area contributed by atoms with E-state index in [1.165, 1.54) is 22.3 Å². The number of para-hydroxylation sites is 2. The Balaban J connectivity index is 1.32. The van der Waals surface area contributed by atoms with Gasteiger partial charge in [0.25, 0.3) is 0 Å². The summed E-state index contributed by atoms with van der Waals surface area (Å²) >= 11 is 0. The minimum Gasteiger partial charge on any atom is -0.464 e. The minimum atomic E-state index is 0.876. The molecule has 0 unspecified atom stereocenters. The van der Waals surface area contributed by atoms with E-state index in [2.05, 4.69) is 120 Å². The van der Waals surface area contributed by atoms with Crippen LogP contribution in [0.3, 0.4) is 0 Å². The van der Waals surface area contributed by atoms with Crippen molar-refractivity contribution in [3.8, 4) is 28.2 Å². The van der Waals surface area contributed by atoms with Crippen LogP contribution in [0.1, 0.15) is 11.1 Å². The summed E-state index contributed by atoms with van der Waals surface area (Å²) in [6.45, 7) is 0. The molecule has 5 aromatic carbocycles. The lowest BCUT2D eigenvalue weighted by Gasteiger charge is -2.10. The standard InChI is InChI=1S/C35H26N2O/c1-3-9-25(10-4-1)15-16-26-17-22-34-30(23-26)31(24-38-34)35-36-32-13-7-8-14-33(32)37(35)29-20-18-28(19-21-29)27-11-5-2-6-12-27/h1-14,17-24H,15-16H2. The number of hydrogen-bond acceptors (Lipinski definition) is 2. The number of nitrogens with zero attached hydrogens (tertiary/aromatic N) is 2. The molecule has 0 fully saturated rings. The highest BCUT2D eigenvalue weighted by Crippen LogP contribution is 2.35. The molecule has 2 aromatic heterocycles. The zero-order valence-electron chi connectivity index (χ0n) is 20.9. The largest absolute Gasteiger partial charge is 0.464 e. The Hall–Kier alpha value is -4.89. The van der Waals surface area contributed by atoms with Crippen LogP contribution in [0.5, 0.6) is 0 Å². The molecular weight excluding hydrogens is 464 g/mol. The third-order valence-electron chi connectivity index (χ3n) is 7.22. The predicted molar refractivity (Wildman–Crippen MR) is 156 cm³/mol. The maximum absolute atomic E-state index is 6.03. The molecule has 0 spiro atoms. The van der Waals surface area contributed by atoms with Gasteiger partial charge in [-0.2, -0.15) is 0 Å². The van der Waals surface area contributed by atoms with Crippen LogP contribution in [-0.4, -0.2) is 9.55 Å². The molecule has 0 bridgehead atoms. The first-order valence-electron chi connectivity index (χ1n) is 13.0. The highest BCUT2D eigenvalue weighted by molar-refractivity contribution is 5.95. The summed E-state index contributed by atoms with van der Waals surface area (Å²) in [5, 5.41) is 1.09. The van der Waals surface area contributed by atoms with Gasteiger partial charge in [0.2, 0.25) is 0 Å². The second kappa shape index (κ2) is 9.53. The third kappa shape index (κ3) is 4.08.